The summed E-state index contributed by atoms with van der Waals surface area (Å²) in [5, 5.41) is 19.5. The summed E-state index contributed by atoms with van der Waals surface area (Å²) in [7, 11) is 1.28. The second kappa shape index (κ2) is 8.59. The SMILES string of the molecule is COC(=O)Cn1c(O)c(N=NC(=O)[C@H]2CC2(c2ccccc2)c2ccccc2)c2ccccc21. The van der Waals surface area contributed by atoms with Crippen molar-refractivity contribution in [2.24, 2.45) is 16.1 Å². The molecule has 0 spiro atoms. The molecule has 4 aromatic rings. The highest BCUT2D eigenvalue weighted by Crippen LogP contribution is 2.59. The Morgan fingerprint density at radius 3 is 2.18 bits per heavy atom. The maximum absolute atomic E-state index is 13.2. The van der Waals surface area contributed by atoms with Gasteiger partial charge in [-0.3, -0.25) is 14.2 Å². The number of ether oxygens (including phenoxy) is 1. The summed E-state index contributed by atoms with van der Waals surface area (Å²) >= 11 is 0. The molecule has 7 heteroatoms. The van der Waals surface area contributed by atoms with Crippen LogP contribution in [0.5, 0.6) is 5.88 Å². The zero-order valence-corrected chi connectivity index (χ0v) is 18.6. The Hall–Kier alpha value is -4.26. The van der Waals surface area contributed by atoms with Gasteiger partial charge in [-0.05, 0) is 23.6 Å². The lowest BCUT2D eigenvalue weighted by Gasteiger charge is -2.17. The number of benzene rings is 3. The summed E-state index contributed by atoms with van der Waals surface area (Å²) in [5.74, 6) is -1.45. The summed E-state index contributed by atoms with van der Waals surface area (Å²) < 4.78 is 6.13. The van der Waals surface area contributed by atoms with Gasteiger partial charge in [-0.2, -0.15) is 0 Å². The Morgan fingerprint density at radius 1 is 0.971 bits per heavy atom. The minimum absolute atomic E-state index is 0.151. The van der Waals surface area contributed by atoms with Gasteiger partial charge in [0.1, 0.15) is 6.54 Å². The first-order valence-electron chi connectivity index (χ1n) is 11.0. The smallest absolute Gasteiger partial charge is 0.325 e. The molecule has 1 atom stereocenters. The summed E-state index contributed by atoms with van der Waals surface area (Å²) in [5.41, 5.74) is 2.43. The van der Waals surface area contributed by atoms with E-state index in [1.54, 1.807) is 24.3 Å². The number of azo groups is 1. The summed E-state index contributed by atoms with van der Waals surface area (Å²) in [6, 6.07) is 27.0. The molecule has 1 amide bonds. The third-order valence-electron chi connectivity index (χ3n) is 6.52. The van der Waals surface area contributed by atoms with E-state index in [1.165, 1.54) is 11.7 Å². The number of hydrogen-bond acceptors (Lipinski definition) is 5. The molecule has 3 aromatic carbocycles. The van der Waals surface area contributed by atoms with E-state index in [9.17, 15) is 14.7 Å². The molecule has 1 fully saturated rings. The summed E-state index contributed by atoms with van der Waals surface area (Å²) in [6.07, 6.45) is 0.634. The van der Waals surface area contributed by atoms with Crippen LogP contribution in [0.15, 0.2) is 95.2 Å². The molecule has 0 radical (unpaired) electrons. The van der Waals surface area contributed by atoms with E-state index in [-0.39, 0.29) is 29.9 Å². The van der Waals surface area contributed by atoms with Crippen LogP contribution in [-0.4, -0.2) is 28.7 Å². The molecule has 170 valence electrons. The fourth-order valence-electron chi connectivity index (χ4n) is 4.73. The normalized spacial score (nSPS) is 16.6. The topological polar surface area (TPSA) is 93.2 Å². The Morgan fingerprint density at radius 2 is 1.56 bits per heavy atom. The molecule has 1 aliphatic rings. The molecule has 1 saturated carbocycles. The number of aromatic nitrogens is 1. The second-order valence-corrected chi connectivity index (χ2v) is 8.35. The van der Waals surface area contributed by atoms with Crippen molar-refractivity contribution in [3.8, 4) is 5.88 Å². The average molecular weight is 453 g/mol. The highest BCUT2D eigenvalue weighted by molar-refractivity contribution is 5.96. The lowest BCUT2D eigenvalue weighted by Crippen LogP contribution is -2.16. The molecular weight excluding hydrogens is 430 g/mol. The van der Waals surface area contributed by atoms with E-state index in [4.69, 9.17) is 4.74 Å². The monoisotopic (exact) mass is 453 g/mol. The molecule has 1 N–H and O–H groups in total. The lowest BCUT2D eigenvalue weighted by atomic mass is 9.85. The molecule has 7 nitrogen and oxygen atoms in total. The molecule has 1 heterocycles. The number of carbonyl (C=O) groups is 2. The lowest BCUT2D eigenvalue weighted by molar-refractivity contribution is -0.141. The number of amides is 1. The van der Waals surface area contributed by atoms with Crippen LogP contribution < -0.4 is 0 Å². The van der Waals surface area contributed by atoms with Crippen molar-refractivity contribution in [2.45, 2.75) is 18.4 Å². The van der Waals surface area contributed by atoms with E-state index >= 15 is 0 Å². The van der Waals surface area contributed by atoms with Crippen molar-refractivity contribution in [1.82, 2.24) is 4.57 Å². The van der Waals surface area contributed by atoms with Crippen LogP contribution in [0.2, 0.25) is 0 Å². The zero-order valence-electron chi connectivity index (χ0n) is 18.6. The van der Waals surface area contributed by atoms with Crippen LogP contribution >= 0.6 is 0 Å². The Bertz CT molecular complexity index is 1350. The van der Waals surface area contributed by atoms with Crippen LogP contribution in [0, 0.1) is 5.92 Å². The number of methoxy groups -OCH3 is 1. The van der Waals surface area contributed by atoms with E-state index < -0.39 is 11.4 Å². The van der Waals surface area contributed by atoms with Crippen molar-refractivity contribution >= 4 is 28.5 Å². The van der Waals surface area contributed by atoms with Gasteiger partial charge < -0.3 is 9.84 Å². The van der Waals surface area contributed by atoms with Crippen LogP contribution in [0.4, 0.5) is 5.69 Å². The van der Waals surface area contributed by atoms with Gasteiger partial charge in [0.2, 0.25) is 5.88 Å². The molecule has 0 aliphatic heterocycles. The van der Waals surface area contributed by atoms with E-state index in [0.717, 1.165) is 11.1 Å². The molecule has 0 saturated heterocycles. The number of nitrogens with zero attached hydrogens (tertiary/aromatic N) is 3. The maximum Gasteiger partial charge on any atom is 0.325 e. The third kappa shape index (κ3) is 3.55. The van der Waals surface area contributed by atoms with Gasteiger partial charge in [-0.15, -0.1) is 10.2 Å². The molecule has 0 bridgehead atoms. The number of para-hydroxylation sites is 1. The minimum Gasteiger partial charge on any atom is -0.493 e. The molecule has 1 aromatic heterocycles. The van der Waals surface area contributed by atoms with E-state index in [2.05, 4.69) is 10.2 Å². The molecule has 1 aliphatic carbocycles. The summed E-state index contributed by atoms with van der Waals surface area (Å²) in [4.78, 5) is 25.0. The second-order valence-electron chi connectivity index (χ2n) is 8.35. The first kappa shape index (κ1) is 21.6. The van der Waals surface area contributed by atoms with Gasteiger partial charge in [0.15, 0.2) is 5.69 Å². The van der Waals surface area contributed by atoms with E-state index in [1.807, 2.05) is 60.7 Å². The molecule has 0 unspecified atom stereocenters. The van der Waals surface area contributed by atoms with Crippen molar-refractivity contribution in [2.75, 3.05) is 7.11 Å². The van der Waals surface area contributed by atoms with Gasteiger partial charge in [-0.1, -0.05) is 78.9 Å². The van der Waals surface area contributed by atoms with E-state index in [0.29, 0.717) is 17.3 Å². The maximum atomic E-state index is 13.2. The quantitative estimate of drug-likeness (QED) is 0.323. The Kier molecular flexibility index (Phi) is 5.45. The van der Waals surface area contributed by atoms with Crippen LogP contribution in [0.1, 0.15) is 17.5 Å². The number of hydrogen-bond donors (Lipinski definition) is 1. The number of carbonyl (C=O) groups excluding carboxylic acids is 2. The van der Waals surface area contributed by atoms with Gasteiger partial charge in [0.05, 0.1) is 18.5 Å². The number of rotatable bonds is 6. The minimum atomic E-state index is -0.510. The van der Waals surface area contributed by atoms with Crippen LogP contribution in [0.3, 0.4) is 0 Å². The van der Waals surface area contributed by atoms with Crippen LogP contribution in [0.25, 0.3) is 10.9 Å². The van der Waals surface area contributed by atoms with Crippen molar-refractivity contribution in [3.05, 3.63) is 96.1 Å². The van der Waals surface area contributed by atoms with Gasteiger partial charge >= 0.3 is 5.97 Å². The third-order valence-corrected chi connectivity index (χ3v) is 6.52. The number of fused-ring (bicyclic) bond motifs is 1. The number of esters is 1. The van der Waals surface area contributed by atoms with Crippen molar-refractivity contribution in [3.63, 3.8) is 0 Å². The fourth-order valence-corrected chi connectivity index (χ4v) is 4.73. The highest BCUT2D eigenvalue weighted by Gasteiger charge is 2.60. The average Bonchev–Trinajstić information content (AvgIpc) is 3.60. The fraction of sp³-hybridized carbons (Fsp3) is 0.185. The standard InChI is InChI=1S/C27H23N3O4/c1-34-23(31)17-30-22-15-9-8-14-20(22)24(26(30)33)28-29-25(32)21-16-27(21,18-10-4-2-5-11-18)19-12-6-3-7-13-19/h2-15,21,33H,16-17H2,1H3/t21-/m1/s1. The molecule has 34 heavy (non-hydrogen) atoms. The van der Waals surface area contributed by atoms with Gasteiger partial charge in [-0.25, -0.2) is 0 Å². The predicted molar refractivity (Wildman–Crippen MR) is 127 cm³/mol. The Balaban J connectivity index is 1.49. The summed E-state index contributed by atoms with van der Waals surface area (Å²) in [6.45, 7) is -0.180. The van der Waals surface area contributed by atoms with Crippen molar-refractivity contribution < 1.29 is 19.4 Å². The largest absolute Gasteiger partial charge is 0.493 e. The predicted octanol–water partition coefficient (Wildman–Crippen LogP) is 5.14. The first-order chi connectivity index (χ1) is 16.6. The Labute approximate surface area is 196 Å². The van der Waals surface area contributed by atoms with Gasteiger partial charge in [0.25, 0.3) is 5.91 Å². The molecule has 5 rings (SSSR count). The van der Waals surface area contributed by atoms with Crippen LogP contribution in [-0.2, 0) is 26.3 Å². The number of aromatic hydroxyl groups is 1. The van der Waals surface area contributed by atoms with Gasteiger partial charge in [0, 0.05) is 10.8 Å². The van der Waals surface area contributed by atoms with Crippen molar-refractivity contribution in [1.29, 1.82) is 0 Å². The first-order valence-corrected chi connectivity index (χ1v) is 11.0. The molecular formula is C27H23N3O4. The highest BCUT2D eigenvalue weighted by atomic mass is 16.5. The zero-order chi connectivity index (χ0) is 23.7.